The number of carbonyl (C=O) groups excluding carboxylic acids is 1. The Morgan fingerprint density at radius 3 is 2.65 bits per heavy atom. The maximum atomic E-state index is 12.3. The largest absolute Gasteiger partial charge is 0.348 e. The van der Waals surface area contributed by atoms with Gasteiger partial charge in [0.15, 0.2) is 0 Å². The van der Waals surface area contributed by atoms with Gasteiger partial charge < -0.3 is 5.32 Å². The van der Waals surface area contributed by atoms with Crippen molar-refractivity contribution in [2.24, 2.45) is 0 Å². The molecule has 7 heteroatoms. The van der Waals surface area contributed by atoms with Crippen LogP contribution in [0, 0.1) is 6.92 Å². The zero-order valence-corrected chi connectivity index (χ0v) is 13.8. The molecule has 6 nitrogen and oxygen atoms in total. The predicted octanol–water partition coefficient (Wildman–Crippen LogP) is 2.88. The number of hydrogen-bond donors (Lipinski definition) is 2. The fraction of sp³-hybridized carbons (Fsp3) is 0.0625. The summed E-state index contributed by atoms with van der Waals surface area (Å²) >= 11 is 3.37. The van der Waals surface area contributed by atoms with Gasteiger partial charge in [0.1, 0.15) is 0 Å². The number of nitrogens with one attached hydrogen (secondary N) is 2. The minimum absolute atomic E-state index is 0.0406. The van der Waals surface area contributed by atoms with Crippen molar-refractivity contribution in [2.75, 3.05) is 5.32 Å². The van der Waals surface area contributed by atoms with Crippen molar-refractivity contribution in [1.82, 2.24) is 14.8 Å². The van der Waals surface area contributed by atoms with Crippen LogP contribution in [0.4, 0.5) is 5.69 Å². The first-order chi connectivity index (χ1) is 11.0. The van der Waals surface area contributed by atoms with Crippen molar-refractivity contribution in [1.29, 1.82) is 0 Å². The second kappa shape index (κ2) is 6.21. The normalized spacial score (nSPS) is 10.5. The van der Waals surface area contributed by atoms with E-state index in [0.29, 0.717) is 11.4 Å². The molecular weight excluding hydrogens is 360 g/mol. The maximum absolute atomic E-state index is 12.3. The topological polar surface area (TPSA) is 79.8 Å². The second-order valence-electron chi connectivity index (χ2n) is 4.94. The summed E-state index contributed by atoms with van der Waals surface area (Å²) in [5, 5.41) is 6.79. The molecule has 0 aliphatic heterocycles. The van der Waals surface area contributed by atoms with E-state index < -0.39 is 11.6 Å². The lowest BCUT2D eigenvalue weighted by atomic mass is 10.2. The lowest BCUT2D eigenvalue weighted by Gasteiger charge is -2.06. The number of amides is 1. The highest BCUT2D eigenvalue weighted by atomic mass is 79.9. The minimum atomic E-state index is -0.470. The zero-order valence-electron chi connectivity index (χ0n) is 12.2. The molecule has 0 atom stereocenters. The Kier molecular flexibility index (Phi) is 4.12. The molecule has 0 bridgehead atoms. The molecule has 0 fully saturated rings. The summed E-state index contributed by atoms with van der Waals surface area (Å²) in [5.41, 5.74) is 1.69. The molecule has 0 spiro atoms. The van der Waals surface area contributed by atoms with Gasteiger partial charge in [-0.3, -0.25) is 9.78 Å². The molecule has 1 amide bonds. The number of carbonyl (C=O) groups is 1. The van der Waals surface area contributed by atoms with Crippen LogP contribution in [-0.2, 0) is 0 Å². The fourth-order valence-electron chi connectivity index (χ4n) is 2.12. The predicted molar refractivity (Wildman–Crippen MR) is 91.0 cm³/mol. The average Bonchev–Trinajstić information content (AvgIpc) is 2.93. The van der Waals surface area contributed by atoms with Crippen LogP contribution < -0.4 is 11.0 Å². The van der Waals surface area contributed by atoms with Crippen molar-refractivity contribution in [3.63, 3.8) is 0 Å². The molecule has 2 aromatic carbocycles. The molecule has 0 aliphatic carbocycles. The molecule has 2 N–H and O–H groups in total. The van der Waals surface area contributed by atoms with Crippen LogP contribution in [-0.4, -0.2) is 20.7 Å². The smallest absolute Gasteiger partial charge is 0.319 e. The van der Waals surface area contributed by atoms with Gasteiger partial charge in [0.25, 0.3) is 5.91 Å². The van der Waals surface area contributed by atoms with Gasteiger partial charge in [0.05, 0.1) is 5.69 Å². The average molecular weight is 373 g/mol. The number of para-hydroxylation sites is 1. The number of rotatable bonds is 3. The Bertz CT molecular complexity index is 915. The first-order valence-electron chi connectivity index (χ1n) is 6.87. The second-order valence-corrected chi connectivity index (χ2v) is 5.86. The van der Waals surface area contributed by atoms with Crippen LogP contribution in [0.2, 0.25) is 0 Å². The third-order valence-corrected chi connectivity index (χ3v) is 3.76. The van der Waals surface area contributed by atoms with Gasteiger partial charge in [-0.2, -0.15) is 4.68 Å². The van der Waals surface area contributed by atoms with E-state index in [4.69, 9.17) is 0 Å². The molecule has 23 heavy (non-hydrogen) atoms. The quantitative estimate of drug-likeness (QED) is 0.741. The Labute approximate surface area is 140 Å². The maximum Gasteiger partial charge on any atom is 0.348 e. The lowest BCUT2D eigenvalue weighted by molar-refractivity contribution is 0.101. The molecule has 3 rings (SSSR count). The van der Waals surface area contributed by atoms with E-state index in [0.717, 1.165) is 14.7 Å². The number of H-pyrrole nitrogens is 1. The lowest BCUT2D eigenvalue weighted by Crippen LogP contribution is -2.16. The molecule has 0 aliphatic rings. The monoisotopic (exact) mass is 372 g/mol. The number of aromatic amines is 1. The third-order valence-electron chi connectivity index (χ3n) is 3.27. The third kappa shape index (κ3) is 3.24. The van der Waals surface area contributed by atoms with Crippen molar-refractivity contribution in [3.05, 3.63) is 74.9 Å². The van der Waals surface area contributed by atoms with Crippen molar-refractivity contribution >= 4 is 27.5 Å². The van der Waals surface area contributed by atoms with Crippen LogP contribution in [0.25, 0.3) is 5.69 Å². The highest BCUT2D eigenvalue weighted by Crippen LogP contribution is 2.20. The minimum Gasteiger partial charge on any atom is -0.319 e. The molecule has 0 saturated heterocycles. The van der Waals surface area contributed by atoms with Crippen molar-refractivity contribution < 1.29 is 4.79 Å². The van der Waals surface area contributed by atoms with Gasteiger partial charge in [0.2, 0.25) is 5.82 Å². The summed E-state index contributed by atoms with van der Waals surface area (Å²) in [7, 11) is 0. The van der Waals surface area contributed by atoms with Gasteiger partial charge in [-0.25, -0.2) is 4.79 Å². The number of benzene rings is 2. The van der Waals surface area contributed by atoms with Crippen molar-refractivity contribution in [3.8, 4) is 5.69 Å². The van der Waals surface area contributed by atoms with Crippen LogP contribution >= 0.6 is 15.9 Å². The molecule has 0 radical (unpaired) electrons. The molecule has 1 aromatic heterocycles. The van der Waals surface area contributed by atoms with Crippen LogP contribution in [0.1, 0.15) is 16.2 Å². The van der Waals surface area contributed by atoms with E-state index >= 15 is 0 Å². The molecular formula is C16H13BrN4O2. The summed E-state index contributed by atoms with van der Waals surface area (Å²) < 4.78 is 2.08. The SMILES string of the molecule is Cc1cc(Br)ccc1NC(=O)c1nn(-c2ccccc2)c(=O)[nH]1. The first kappa shape index (κ1) is 15.2. The highest BCUT2D eigenvalue weighted by molar-refractivity contribution is 9.10. The number of anilines is 1. The number of hydrogen-bond acceptors (Lipinski definition) is 3. The molecule has 3 aromatic rings. The standard InChI is InChI=1S/C16H13BrN4O2/c1-10-9-11(17)7-8-13(10)18-15(22)14-19-16(23)21(20-14)12-5-3-2-4-6-12/h2-9H,1H3,(H,18,22)(H,19,20,23). The van der Waals surface area contributed by atoms with Crippen LogP contribution in [0.3, 0.4) is 0 Å². The summed E-state index contributed by atoms with van der Waals surface area (Å²) in [6.07, 6.45) is 0. The fourth-order valence-corrected chi connectivity index (χ4v) is 2.60. The van der Waals surface area contributed by atoms with E-state index in [1.165, 1.54) is 0 Å². The summed E-state index contributed by atoms with van der Waals surface area (Å²) in [4.78, 5) is 26.7. The van der Waals surface area contributed by atoms with E-state index in [1.807, 2.05) is 25.1 Å². The van der Waals surface area contributed by atoms with E-state index in [-0.39, 0.29) is 5.82 Å². The number of halogens is 1. The van der Waals surface area contributed by atoms with Gasteiger partial charge in [-0.05, 0) is 42.8 Å². The molecule has 0 unspecified atom stereocenters. The number of aromatic nitrogens is 3. The molecule has 116 valence electrons. The highest BCUT2D eigenvalue weighted by Gasteiger charge is 2.15. The van der Waals surface area contributed by atoms with Crippen LogP contribution in [0.15, 0.2) is 57.8 Å². The van der Waals surface area contributed by atoms with Gasteiger partial charge >= 0.3 is 5.69 Å². The summed E-state index contributed by atoms with van der Waals surface area (Å²) in [6, 6.07) is 14.4. The van der Waals surface area contributed by atoms with E-state index in [1.54, 1.807) is 30.3 Å². The van der Waals surface area contributed by atoms with Crippen LogP contribution in [0.5, 0.6) is 0 Å². The zero-order chi connectivity index (χ0) is 16.4. The van der Waals surface area contributed by atoms with E-state index in [9.17, 15) is 9.59 Å². The number of aryl methyl sites for hydroxylation is 1. The Balaban J connectivity index is 1.88. The summed E-state index contributed by atoms with van der Waals surface area (Å²) in [5.74, 6) is -0.511. The Morgan fingerprint density at radius 1 is 1.22 bits per heavy atom. The summed E-state index contributed by atoms with van der Waals surface area (Å²) in [6.45, 7) is 1.88. The van der Waals surface area contributed by atoms with Gasteiger partial charge in [-0.15, -0.1) is 5.10 Å². The van der Waals surface area contributed by atoms with Gasteiger partial charge in [-0.1, -0.05) is 34.1 Å². The Morgan fingerprint density at radius 2 is 1.96 bits per heavy atom. The van der Waals surface area contributed by atoms with E-state index in [2.05, 4.69) is 31.3 Å². The first-order valence-corrected chi connectivity index (χ1v) is 7.66. The van der Waals surface area contributed by atoms with Gasteiger partial charge in [0, 0.05) is 10.2 Å². The Hall–Kier alpha value is -2.67. The van der Waals surface area contributed by atoms with Crippen molar-refractivity contribution in [2.45, 2.75) is 6.92 Å². The molecule has 0 saturated carbocycles. The molecule has 1 heterocycles. The number of nitrogens with zero attached hydrogens (tertiary/aromatic N) is 2.